The number of primary amides is 1. The van der Waals surface area contributed by atoms with Crippen molar-refractivity contribution in [1.82, 2.24) is 0 Å². The van der Waals surface area contributed by atoms with Crippen LogP contribution in [0.25, 0.3) is 0 Å². The van der Waals surface area contributed by atoms with Crippen molar-refractivity contribution in [2.24, 2.45) is 34.1 Å². The van der Waals surface area contributed by atoms with E-state index in [2.05, 4.69) is 66.7 Å². The largest absolute Gasteiger partial charge is 0.369 e. The fraction of sp³-hybridized carbons (Fsp3) is 0.500. The molecule has 3 heteroatoms. The first-order valence-corrected chi connectivity index (χ1v) is 12.9. The molecule has 4 N–H and O–H groups in total. The summed E-state index contributed by atoms with van der Waals surface area (Å²) in [4.78, 5) is 12.4. The number of hydrogen-bond acceptors (Lipinski definition) is 2. The molecule has 5 aliphatic carbocycles. The summed E-state index contributed by atoms with van der Waals surface area (Å²) in [6, 6.07) is 22.1. The number of hydrogen-bond donors (Lipinski definition) is 2. The maximum absolute atomic E-state index is 12.4. The minimum absolute atomic E-state index is 0.0490. The lowest BCUT2D eigenvalue weighted by Crippen LogP contribution is -2.94. The van der Waals surface area contributed by atoms with E-state index in [1.165, 1.54) is 49.7 Å². The van der Waals surface area contributed by atoms with Gasteiger partial charge in [0.25, 0.3) is 0 Å². The van der Waals surface area contributed by atoms with E-state index in [-0.39, 0.29) is 22.2 Å². The molecule has 1 spiro atoms. The van der Waals surface area contributed by atoms with Crippen LogP contribution in [0.2, 0.25) is 0 Å². The molecule has 0 bridgehead atoms. The molecule has 2 aromatic carbocycles. The van der Waals surface area contributed by atoms with Crippen LogP contribution in [0, 0.1) is 22.7 Å². The van der Waals surface area contributed by atoms with E-state index in [4.69, 9.17) is 11.5 Å². The molecule has 5 fully saturated rings. The van der Waals surface area contributed by atoms with Gasteiger partial charge in [0.2, 0.25) is 5.91 Å². The first-order chi connectivity index (χ1) is 16.1. The molecule has 33 heavy (non-hydrogen) atoms. The van der Waals surface area contributed by atoms with E-state index < -0.39 is 0 Å². The summed E-state index contributed by atoms with van der Waals surface area (Å²) in [6.07, 6.45) is 13.3. The van der Waals surface area contributed by atoms with Crippen LogP contribution in [-0.4, -0.2) is 11.9 Å². The van der Waals surface area contributed by atoms with Crippen LogP contribution >= 0.6 is 0 Å². The number of amides is 1. The van der Waals surface area contributed by atoms with Crippen LogP contribution in [0.15, 0.2) is 72.3 Å². The highest BCUT2D eigenvalue weighted by Gasteiger charge is 2.96. The Bertz CT molecular complexity index is 1060. The zero-order chi connectivity index (χ0) is 22.7. The van der Waals surface area contributed by atoms with Crippen molar-refractivity contribution in [3.8, 4) is 0 Å². The summed E-state index contributed by atoms with van der Waals surface area (Å²) in [5.74, 6) is 1.10. The molecule has 3 nitrogen and oxygen atoms in total. The lowest BCUT2D eigenvalue weighted by molar-refractivity contribution is -0.396. The van der Waals surface area contributed by atoms with E-state index in [9.17, 15) is 4.79 Å². The highest BCUT2D eigenvalue weighted by Crippen LogP contribution is 2.98. The Kier molecular flexibility index (Phi) is 4.85. The van der Waals surface area contributed by atoms with Gasteiger partial charge in [-0.25, -0.2) is 0 Å². The van der Waals surface area contributed by atoms with Gasteiger partial charge in [0.1, 0.15) is 0 Å². The maximum Gasteiger partial charge on any atom is 0.224 e. The quantitative estimate of drug-likeness (QED) is 0.635. The predicted molar refractivity (Wildman–Crippen MR) is 132 cm³/mol. The van der Waals surface area contributed by atoms with Crippen LogP contribution < -0.4 is 11.5 Å². The molecule has 5 aliphatic rings. The third-order valence-electron chi connectivity index (χ3n) is 10.1. The Morgan fingerprint density at radius 2 is 1.55 bits per heavy atom. The number of allylic oxidation sites excluding steroid dienone is 2. The molecule has 0 aliphatic heterocycles. The monoisotopic (exact) mass is 440 g/mol. The summed E-state index contributed by atoms with van der Waals surface area (Å²) in [5, 5.41) is 0. The average molecular weight is 441 g/mol. The van der Waals surface area contributed by atoms with Crippen LogP contribution in [0.5, 0.6) is 0 Å². The zero-order valence-corrected chi connectivity index (χ0v) is 19.5. The molecule has 172 valence electrons. The molecule has 0 saturated heterocycles. The van der Waals surface area contributed by atoms with E-state index in [1.807, 2.05) is 0 Å². The van der Waals surface area contributed by atoms with Gasteiger partial charge in [0, 0.05) is 16.9 Å². The second-order valence-corrected chi connectivity index (χ2v) is 11.2. The molecule has 5 unspecified atom stereocenters. The van der Waals surface area contributed by atoms with Crippen molar-refractivity contribution >= 4 is 5.91 Å². The van der Waals surface area contributed by atoms with Gasteiger partial charge in [0.05, 0.1) is 5.41 Å². The Morgan fingerprint density at radius 1 is 0.909 bits per heavy atom. The van der Waals surface area contributed by atoms with Gasteiger partial charge >= 0.3 is 0 Å². The van der Waals surface area contributed by atoms with Crippen LogP contribution in [0.1, 0.15) is 62.5 Å². The number of benzene rings is 2. The standard InChI is InChI=1S/C24H23NO.C6H13N/c25-21(26)23-14-20-18(12-11-16-7-3-1-4-8-16)19-13-22(15-23,24(19,20)23)17-9-5-2-6-10-17;7-6-4-2-1-3-5-6/h1-10,12,19-20H,11,13-15H2,(H2,25,26);6H,1-5,7H2/b18-12+;. The molecular formula is C30H36N2O. The first kappa shape index (κ1) is 21.2. The normalized spacial score (nSPS) is 38.8. The average Bonchev–Trinajstić information content (AvgIpc) is 2.80. The van der Waals surface area contributed by atoms with Gasteiger partial charge in [-0.05, 0) is 61.5 Å². The van der Waals surface area contributed by atoms with Gasteiger partial charge in [-0.15, -0.1) is 0 Å². The molecule has 1 amide bonds. The number of rotatable bonds is 4. The summed E-state index contributed by atoms with van der Waals surface area (Å²) >= 11 is 0. The Morgan fingerprint density at radius 3 is 2.12 bits per heavy atom. The van der Waals surface area contributed by atoms with Gasteiger partial charge in [-0.2, -0.15) is 0 Å². The number of nitrogens with two attached hydrogens (primary N) is 2. The summed E-state index contributed by atoms with van der Waals surface area (Å²) < 4.78 is 0. The zero-order valence-electron chi connectivity index (χ0n) is 19.5. The second kappa shape index (κ2) is 7.56. The maximum atomic E-state index is 12.4. The van der Waals surface area contributed by atoms with Crippen molar-refractivity contribution in [2.45, 2.75) is 69.2 Å². The van der Waals surface area contributed by atoms with Crippen molar-refractivity contribution in [1.29, 1.82) is 0 Å². The highest BCUT2D eigenvalue weighted by molar-refractivity contribution is 5.89. The molecule has 7 rings (SSSR count). The van der Waals surface area contributed by atoms with Crippen LogP contribution in [0.4, 0.5) is 0 Å². The summed E-state index contributed by atoms with van der Waals surface area (Å²) in [6.45, 7) is 0. The van der Waals surface area contributed by atoms with Crippen molar-refractivity contribution in [2.75, 3.05) is 0 Å². The van der Waals surface area contributed by atoms with E-state index in [0.29, 0.717) is 17.9 Å². The van der Waals surface area contributed by atoms with Gasteiger partial charge < -0.3 is 11.5 Å². The molecule has 0 heterocycles. The summed E-state index contributed by atoms with van der Waals surface area (Å²) in [5.41, 5.74) is 16.1. The topological polar surface area (TPSA) is 69.1 Å². The fourth-order valence-electron chi connectivity index (χ4n) is 8.76. The molecule has 5 saturated carbocycles. The van der Waals surface area contributed by atoms with Gasteiger partial charge in [0.15, 0.2) is 0 Å². The van der Waals surface area contributed by atoms with Gasteiger partial charge in [-0.1, -0.05) is 91.6 Å². The minimum atomic E-state index is -0.222. The lowest BCUT2D eigenvalue weighted by atomic mass is 9.07. The Hall–Kier alpha value is -2.39. The predicted octanol–water partition coefficient (Wildman–Crippen LogP) is 5.29. The molecule has 0 radical (unpaired) electrons. The van der Waals surface area contributed by atoms with Crippen molar-refractivity contribution < 1.29 is 4.79 Å². The number of carbonyl (C=O) groups excluding carboxylic acids is 1. The van der Waals surface area contributed by atoms with Crippen molar-refractivity contribution in [3.63, 3.8) is 0 Å². The van der Waals surface area contributed by atoms with Crippen molar-refractivity contribution in [3.05, 3.63) is 83.4 Å². The summed E-state index contributed by atoms with van der Waals surface area (Å²) in [7, 11) is 0. The van der Waals surface area contributed by atoms with E-state index >= 15 is 0 Å². The molecule has 0 aromatic heterocycles. The minimum Gasteiger partial charge on any atom is -0.369 e. The molecular weight excluding hydrogens is 404 g/mol. The smallest absolute Gasteiger partial charge is 0.224 e. The SMILES string of the molecule is NC(=O)C12CC3/C(=C/Cc4ccccc4)C4CC(c5ccccc5)(C1)C342.NC1CCCCC1. The number of carbonyl (C=O) groups is 1. The molecule has 2 aromatic rings. The Balaban J connectivity index is 0.000000255. The third kappa shape index (κ3) is 2.63. The van der Waals surface area contributed by atoms with E-state index in [0.717, 1.165) is 19.3 Å². The second-order valence-electron chi connectivity index (χ2n) is 11.2. The molecule has 5 atom stereocenters. The first-order valence-electron chi connectivity index (χ1n) is 12.9. The van der Waals surface area contributed by atoms with E-state index in [1.54, 1.807) is 5.57 Å². The van der Waals surface area contributed by atoms with Crippen LogP contribution in [0.3, 0.4) is 0 Å². The van der Waals surface area contributed by atoms with Crippen LogP contribution in [-0.2, 0) is 16.6 Å². The lowest BCUT2D eigenvalue weighted by Gasteiger charge is -2.95. The third-order valence-corrected chi connectivity index (χ3v) is 10.1. The van der Waals surface area contributed by atoms with Gasteiger partial charge in [-0.3, -0.25) is 4.79 Å². The Labute approximate surface area is 197 Å². The fourth-order valence-corrected chi connectivity index (χ4v) is 8.76. The highest BCUT2D eigenvalue weighted by atomic mass is 16.1.